The molecule has 1 N–H and O–H groups in total. The smallest absolute Gasteiger partial charge is 0.286 e. The molecule has 0 atom stereocenters. The number of carbonyl (C=O) groups excluding carboxylic acids is 1. The van der Waals surface area contributed by atoms with Crippen LogP contribution in [0, 0.1) is 0 Å². The van der Waals surface area contributed by atoms with Gasteiger partial charge >= 0.3 is 0 Å². The van der Waals surface area contributed by atoms with Gasteiger partial charge < -0.3 is 5.32 Å². The number of carbonyl (C=O) groups is 1. The summed E-state index contributed by atoms with van der Waals surface area (Å²) in [6.07, 6.45) is 2.25. The molecule has 6 nitrogen and oxygen atoms in total. The van der Waals surface area contributed by atoms with Crippen LogP contribution in [-0.2, 0) is 0 Å². The van der Waals surface area contributed by atoms with Gasteiger partial charge in [0.15, 0.2) is 5.82 Å². The van der Waals surface area contributed by atoms with E-state index in [1.54, 1.807) is 4.52 Å². The lowest BCUT2D eigenvalue weighted by atomic mass is 10.3. The maximum Gasteiger partial charge on any atom is 0.286 e. The van der Waals surface area contributed by atoms with Crippen LogP contribution in [-0.4, -0.2) is 25.7 Å². The van der Waals surface area contributed by atoms with Crippen LogP contribution in [0.2, 0.25) is 0 Å². The molecule has 1 fully saturated rings. The highest BCUT2D eigenvalue weighted by Crippen LogP contribution is 2.39. The van der Waals surface area contributed by atoms with Crippen molar-refractivity contribution in [3.8, 4) is 0 Å². The fraction of sp³-hybridized carbons (Fsp3) is 0.231. The van der Waals surface area contributed by atoms with Gasteiger partial charge in [-0.1, -0.05) is 27.3 Å². The van der Waals surface area contributed by atoms with Crippen LogP contribution in [0.5, 0.6) is 0 Å². The Morgan fingerprint density at radius 1 is 1.29 bits per heavy atom. The average molecular weight is 364 g/mol. The molecule has 0 spiro atoms. The number of benzene rings is 1. The third kappa shape index (κ3) is 2.44. The first-order valence-corrected chi connectivity index (χ1v) is 8.11. The van der Waals surface area contributed by atoms with E-state index in [9.17, 15) is 4.79 Å². The van der Waals surface area contributed by atoms with Crippen LogP contribution >= 0.6 is 27.3 Å². The van der Waals surface area contributed by atoms with E-state index in [1.807, 2.05) is 24.3 Å². The Kier molecular flexibility index (Phi) is 3.00. The molecule has 2 aromatic heterocycles. The van der Waals surface area contributed by atoms with E-state index in [1.165, 1.54) is 11.3 Å². The lowest BCUT2D eigenvalue weighted by molar-refractivity contribution is 0.102. The topological polar surface area (TPSA) is 72.2 Å². The van der Waals surface area contributed by atoms with Gasteiger partial charge in [0, 0.05) is 16.1 Å². The summed E-state index contributed by atoms with van der Waals surface area (Å²) in [5, 5.41) is 15.8. The first kappa shape index (κ1) is 12.9. The van der Waals surface area contributed by atoms with Crippen LogP contribution < -0.4 is 5.32 Å². The number of hydrogen-bond acceptors (Lipinski definition) is 5. The van der Waals surface area contributed by atoms with Crippen molar-refractivity contribution in [1.29, 1.82) is 0 Å². The van der Waals surface area contributed by atoms with Crippen LogP contribution in [0.1, 0.15) is 34.4 Å². The van der Waals surface area contributed by atoms with E-state index < -0.39 is 0 Å². The minimum absolute atomic E-state index is 0.227. The van der Waals surface area contributed by atoms with Gasteiger partial charge in [-0.25, -0.2) is 0 Å². The molecule has 8 heteroatoms. The lowest BCUT2D eigenvalue weighted by Crippen LogP contribution is -2.12. The monoisotopic (exact) mass is 363 g/mol. The van der Waals surface area contributed by atoms with Gasteiger partial charge in [0.25, 0.3) is 5.91 Å². The summed E-state index contributed by atoms with van der Waals surface area (Å²) in [6, 6.07) is 7.41. The zero-order chi connectivity index (χ0) is 14.4. The molecule has 1 saturated carbocycles. The summed E-state index contributed by atoms with van der Waals surface area (Å²) in [4.78, 5) is 12.9. The maximum absolute atomic E-state index is 12.2. The summed E-state index contributed by atoms with van der Waals surface area (Å²) < 4.78 is 2.66. The average Bonchev–Trinajstić information content (AvgIpc) is 3.09. The van der Waals surface area contributed by atoms with Crippen LogP contribution in [0.25, 0.3) is 4.96 Å². The maximum atomic E-state index is 12.2. The van der Waals surface area contributed by atoms with Gasteiger partial charge in [0.1, 0.15) is 0 Å². The van der Waals surface area contributed by atoms with E-state index in [0.717, 1.165) is 28.8 Å². The second-order valence-corrected chi connectivity index (χ2v) is 6.77. The van der Waals surface area contributed by atoms with Crippen molar-refractivity contribution < 1.29 is 4.79 Å². The minimum Gasteiger partial charge on any atom is -0.320 e. The second-order valence-electron chi connectivity index (χ2n) is 4.90. The molecular formula is C13H10BrN5OS. The molecule has 3 aromatic rings. The zero-order valence-corrected chi connectivity index (χ0v) is 13.2. The third-order valence-electron chi connectivity index (χ3n) is 3.25. The van der Waals surface area contributed by atoms with Gasteiger partial charge in [0.2, 0.25) is 9.97 Å². The van der Waals surface area contributed by atoms with E-state index in [0.29, 0.717) is 15.9 Å². The van der Waals surface area contributed by atoms with Crippen molar-refractivity contribution in [3.05, 3.63) is 39.6 Å². The van der Waals surface area contributed by atoms with Crippen molar-refractivity contribution in [2.75, 3.05) is 5.32 Å². The predicted octanol–water partition coefficient (Wildman–Crippen LogP) is 3.08. The number of amides is 1. The lowest BCUT2D eigenvalue weighted by Gasteiger charge is -2.02. The van der Waals surface area contributed by atoms with Crippen molar-refractivity contribution in [2.45, 2.75) is 18.8 Å². The van der Waals surface area contributed by atoms with Gasteiger partial charge in [-0.05, 0) is 37.1 Å². The summed E-state index contributed by atoms with van der Waals surface area (Å²) in [5.74, 6) is 1.09. The minimum atomic E-state index is -0.227. The Balaban J connectivity index is 1.60. The molecule has 1 amide bonds. The molecule has 1 aliphatic rings. The number of nitrogens with one attached hydrogen (secondary N) is 1. The fourth-order valence-corrected chi connectivity index (χ4v) is 3.04. The first-order chi connectivity index (χ1) is 10.2. The summed E-state index contributed by atoms with van der Waals surface area (Å²) >= 11 is 4.61. The van der Waals surface area contributed by atoms with Gasteiger partial charge in [0.05, 0.1) is 0 Å². The second kappa shape index (κ2) is 4.88. The number of nitrogens with zero attached hydrogens (tertiary/aromatic N) is 4. The van der Waals surface area contributed by atoms with Crippen LogP contribution in [0.3, 0.4) is 0 Å². The van der Waals surface area contributed by atoms with E-state index in [2.05, 4.69) is 36.5 Å². The normalized spacial score (nSPS) is 14.5. The number of rotatable bonds is 3. The fourth-order valence-electron chi connectivity index (χ4n) is 2.04. The number of hydrogen-bond donors (Lipinski definition) is 1. The number of aromatic nitrogens is 4. The van der Waals surface area contributed by atoms with Crippen molar-refractivity contribution in [2.24, 2.45) is 0 Å². The molecule has 0 radical (unpaired) electrons. The number of halogens is 1. The molecular weight excluding hydrogens is 354 g/mol. The van der Waals surface area contributed by atoms with Gasteiger partial charge in [-0.3, -0.25) is 4.79 Å². The summed E-state index contributed by atoms with van der Waals surface area (Å²) in [7, 11) is 0. The Hall–Kier alpha value is -1.80. The summed E-state index contributed by atoms with van der Waals surface area (Å²) in [5.41, 5.74) is 0.733. The standard InChI is InChI=1S/C13H10BrN5OS/c14-8-3-5-9(6-4-8)15-11(20)12-18-19-10(7-1-2-7)16-17-13(19)21-12/h3-7H,1-2H2,(H,15,20). The molecule has 1 aromatic carbocycles. The molecule has 0 unspecified atom stereocenters. The predicted molar refractivity (Wildman–Crippen MR) is 82.7 cm³/mol. The Labute approximate surface area is 132 Å². The highest BCUT2D eigenvalue weighted by Gasteiger charge is 2.30. The van der Waals surface area contributed by atoms with Crippen molar-refractivity contribution in [3.63, 3.8) is 0 Å². The molecule has 106 valence electrons. The molecule has 4 rings (SSSR count). The Morgan fingerprint density at radius 2 is 2.05 bits per heavy atom. The van der Waals surface area contributed by atoms with E-state index in [-0.39, 0.29) is 5.91 Å². The Morgan fingerprint density at radius 3 is 2.76 bits per heavy atom. The third-order valence-corrected chi connectivity index (χ3v) is 4.68. The number of fused-ring (bicyclic) bond motifs is 1. The van der Waals surface area contributed by atoms with E-state index >= 15 is 0 Å². The molecule has 0 aliphatic heterocycles. The van der Waals surface area contributed by atoms with Crippen molar-refractivity contribution >= 4 is 43.8 Å². The molecule has 0 saturated heterocycles. The molecule has 0 bridgehead atoms. The van der Waals surface area contributed by atoms with E-state index in [4.69, 9.17) is 0 Å². The van der Waals surface area contributed by atoms with Gasteiger partial charge in [-0.2, -0.15) is 4.52 Å². The zero-order valence-electron chi connectivity index (χ0n) is 10.8. The first-order valence-electron chi connectivity index (χ1n) is 6.50. The quantitative estimate of drug-likeness (QED) is 0.775. The highest BCUT2D eigenvalue weighted by molar-refractivity contribution is 9.10. The summed E-state index contributed by atoms with van der Waals surface area (Å²) in [6.45, 7) is 0. The number of anilines is 1. The van der Waals surface area contributed by atoms with Crippen LogP contribution in [0.4, 0.5) is 5.69 Å². The molecule has 2 heterocycles. The molecule has 1 aliphatic carbocycles. The largest absolute Gasteiger partial charge is 0.320 e. The van der Waals surface area contributed by atoms with Crippen molar-refractivity contribution in [1.82, 2.24) is 19.8 Å². The van der Waals surface area contributed by atoms with Gasteiger partial charge in [-0.15, -0.1) is 15.3 Å². The van der Waals surface area contributed by atoms with Crippen LogP contribution in [0.15, 0.2) is 28.7 Å². The SMILES string of the molecule is O=C(Nc1ccc(Br)cc1)c1nn2c(C3CC3)nnc2s1. The molecule has 21 heavy (non-hydrogen) atoms. The highest BCUT2D eigenvalue weighted by atomic mass is 79.9. The Bertz CT molecular complexity index is 821.